The van der Waals surface area contributed by atoms with Crippen LogP contribution in [0.2, 0.25) is 5.02 Å². The van der Waals surface area contributed by atoms with E-state index in [-0.39, 0.29) is 53.2 Å². The Hall–Kier alpha value is -5.52. The number of halogens is 1. The molecule has 14 nitrogen and oxygen atoms in total. The number of imide groups is 1. The van der Waals surface area contributed by atoms with Crippen LogP contribution in [0.15, 0.2) is 65.5 Å². The lowest BCUT2D eigenvalue weighted by Crippen LogP contribution is -2.74. The molecular weight excluding hydrogens is 770 g/mol. The molecule has 2 N–H and O–H groups in total. The Morgan fingerprint density at radius 1 is 0.898 bits per heavy atom. The highest BCUT2D eigenvalue weighted by Gasteiger charge is 2.64. The second-order valence-corrected chi connectivity index (χ2v) is 18.0. The van der Waals surface area contributed by atoms with Gasteiger partial charge in [-0.1, -0.05) is 44.5 Å². The van der Waals surface area contributed by atoms with Crippen molar-refractivity contribution < 1.29 is 19.1 Å². The number of anilines is 2. The molecular formula is C44H50ClN9O5. The molecule has 3 aromatic carbocycles. The zero-order valence-corrected chi connectivity index (χ0v) is 34.7. The zero-order valence-electron chi connectivity index (χ0n) is 33.9. The largest absolute Gasteiger partial charge is 0.489 e. The summed E-state index contributed by atoms with van der Waals surface area (Å²) in [7, 11) is 0. The van der Waals surface area contributed by atoms with Crippen LogP contribution in [0.25, 0.3) is 10.9 Å². The average Bonchev–Trinajstić information content (AvgIpc) is 3.22. The molecule has 0 radical (unpaired) electrons. The number of nitriles is 1. The molecule has 1 saturated carbocycles. The summed E-state index contributed by atoms with van der Waals surface area (Å²) in [5, 5.41) is 23.9. The number of amides is 3. The molecule has 15 heteroatoms. The quantitative estimate of drug-likeness (QED) is 0.220. The van der Waals surface area contributed by atoms with Crippen molar-refractivity contribution in [2.24, 2.45) is 16.7 Å². The van der Waals surface area contributed by atoms with Gasteiger partial charge in [0.15, 0.2) is 0 Å². The van der Waals surface area contributed by atoms with Crippen LogP contribution in [0.4, 0.5) is 11.4 Å². The van der Waals surface area contributed by atoms with Crippen LogP contribution in [0.3, 0.4) is 0 Å². The first-order valence-electron chi connectivity index (χ1n) is 20.5. The number of carbonyl (C=O) groups is 3. The molecule has 4 aliphatic rings. The van der Waals surface area contributed by atoms with Gasteiger partial charge in [-0.25, -0.2) is 0 Å². The maximum atomic E-state index is 13.5. The Bertz CT molecular complexity index is 2360. The SMILES string of the molecule is CC1(C)C(NC(=O)c2ccc(N3CCC(CN4CCN(c5ccc6c(=O)n(C7CCC(=O)NC7=O)nnc6c5)CC4)CC3)cc2)C(C)(C)C1Oc1ccc(C#N)c(Cl)c1. The molecule has 1 unspecified atom stereocenters. The van der Waals surface area contributed by atoms with Gasteiger partial charge in [0.1, 0.15) is 29.5 Å². The number of nitrogens with one attached hydrogen (secondary N) is 2. The highest BCUT2D eigenvalue weighted by Crippen LogP contribution is 2.55. The van der Waals surface area contributed by atoms with Crippen LogP contribution in [0.1, 0.15) is 75.3 Å². The van der Waals surface area contributed by atoms with Crippen LogP contribution in [-0.2, 0) is 9.59 Å². The van der Waals surface area contributed by atoms with Crippen molar-refractivity contribution in [1.29, 1.82) is 5.26 Å². The first-order valence-corrected chi connectivity index (χ1v) is 20.8. The number of rotatable bonds is 9. The Balaban J connectivity index is 0.792. The molecule has 4 aromatic rings. The third-order valence-electron chi connectivity index (χ3n) is 13.0. The van der Waals surface area contributed by atoms with Gasteiger partial charge in [0.05, 0.1) is 16.0 Å². The molecule has 1 aromatic heterocycles. The fourth-order valence-corrected chi connectivity index (χ4v) is 10.1. The van der Waals surface area contributed by atoms with Crippen molar-refractivity contribution in [1.82, 2.24) is 30.5 Å². The van der Waals surface area contributed by atoms with Gasteiger partial charge in [0.25, 0.3) is 17.4 Å². The van der Waals surface area contributed by atoms with Crippen molar-refractivity contribution in [3.8, 4) is 11.8 Å². The van der Waals surface area contributed by atoms with Gasteiger partial charge >= 0.3 is 0 Å². The Kier molecular flexibility index (Phi) is 10.9. The van der Waals surface area contributed by atoms with E-state index in [2.05, 4.69) is 81.5 Å². The first kappa shape index (κ1) is 40.3. The van der Waals surface area contributed by atoms with Crippen molar-refractivity contribution in [2.45, 2.75) is 71.6 Å². The van der Waals surface area contributed by atoms with Crippen molar-refractivity contribution in [2.75, 3.05) is 55.6 Å². The predicted octanol–water partition coefficient (Wildman–Crippen LogP) is 4.94. The van der Waals surface area contributed by atoms with E-state index < -0.39 is 11.9 Å². The molecule has 8 rings (SSSR count). The van der Waals surface area contributed by atoms with E-state index in [4.69, 9.17) is 16.3 Å². The smallest absolute Gasteiger partial charge is 0.278 e. The Morgan fingerprint density at radius 3 is 2.24 bits per heavy atom. The molecule has 4 heterocycles. The van der Waals surface area contributed by atoms with Crippen molar-refractivity contribution in [3.63, 3.8) is 0 Å². The lowest BCUT2D eigenvalue weighted by molar-refractivity contribution is -0.164. The van der Waals surface area contributed by atoms with E-state index >= 15 is 0 Å². The monoisotopic (exact) mass is 819 g/mol. The van der Waals surface area contributed by atoms with E-state index in [1.54, 1.807) is 24.3 Å². The Morgan fingerprint density at radius 2 is 1.58 bits per heavy atom. The minimum atomic E-state index is -0.844. The standard InChI is InChI=1S/C44H50ClN9O5/c1-43(2)41(44(3,4)42(43)59-32-11-7-29(25-46)34(45)24-32)48-38(56)28-5-8-30(9-6-28)52-17-15-27(16-18-52)26-51-19-21-53(22-20-51)31-10-12-33-35(23-31)49-50-54(40(33)58)36-13-14-37(55)47-39(36)57/h5-12,23-24,27,36,41-42H,13-22,26H2,1-4H3,(H,48,56)(H,47,55,57). The van der Waals surface area contributed by atoms with E-state index in [0.717, 1.165) is 74.7 Å². The van der Waals surface area contributed by atoms with Crippen LogP contribution in [0.5, 0.6) is 5.75 Å². The number of piperidine rings is 2. The summed E-state index contributed by atoms with van der Waals surface area (Å²) in [6.45, 7) is 15.0. The highest BCUT2D eigenvalue weighted by molar-refractivity contribution is 6.31. The van der Waals surface area contributed by atoms with Crippen molar-refractivity contribution >= 4 is 51.6 Å². The van der Waals surface area contributed by atoms with Gasteiger partial charge in [-0.2, -0.15) is 9.94 Å². The summed E-state index contributed by atoms with van der Waals surface area (Å²) in [6.07, 6.45) is 2.41. The topological polar surface area (TPSA) is 166 Å². The molecule has 4 fully saturated rings. The number of piperazine rings is 1. The third kappa shape index (κ3) is 7.85. The lowest BCUT2D eigenvalue weighted by atomic mass is 9.49. The second-order valence-electron chi connectivity index (χ2n) is 17.6. The van der Waals surface area contributed by atoms with Crippen LogP contribution >= 0.6 is 11.6 Å². The van der Waals surface area contributed by atoms with Gasteiger partial charge in [-0.05, 0) is 79.8 Å². The van der Waals surface area contributed by atoms with Crippen molar-refractivity contribution in [3.05, 3.63) is 87.2 Å². The summed E-state index contributed by atoms with van der Waals surface area (Å²) in [6, 6.07) is 19.7. The van der Waals surface area contributed by atoms with E-state index in [1.165, 1.54) is 0 Å². The lowest BCUT2D eigenvalue weighted by Gasteiger charge is -2.63. The van der Waals surface area contributed by atoms with E-state index in [1.807, 2.05) is 24.3 Å². The minimum Gasteiger partial charge on any atom is -0.489 e. The highest BCUT2D eigenvalue weighted by atomic mass is 35.5. The summed E-state index contributed by atoms with van der Waals surface area (Å²) >= 11 is 6.26. The molecule has 1 aliphatic carbocycles. The molecule has 0 bridgehead atoms. The first-order chi connectivity index (χ1) is 28.2. The van der Waals surface area contributed by atoms with Gasteiger partial charge in [0.2, 0.25) is 5.91 Å². The maximum absolute atomic E-state index is 13.5. The molecule has 308 valence electrons. The predicted molar refractivity (Wildman–Crippen MR) is 225 cm³/mol. The Labute approximate surface area is 348 Å². The maximum Gasteiger partial charge on any atom is 0.278 e. The molecule has 3 saturated heterocycles. The van der Waals surface area contributed by atoms with Crippen LogP contribution in [-0.4, -0.2) is 95.6 Å². The molecule has 59 heavy (non-hydrogen) atoms. The van der Waals surface area contributed by atoms with Crippen LogP contribution < -0.4 is 30.7 Å². The fraction of sp³-hybridized carbons (Fsp3) is 0.477. The number of nitrogens with zero attached hydrogens (tertiary/aromatic N) is 7. The van der Waals surface area contributed by atoms with Gasteiger partial charge in [-0.3, -0.25) is 29.4 Å². The second kappa shape index (κ2) is 15.9. The number of ether oxygens (including phenoxy) is 1. The third-order valence-corrected chi connectivity index (χ3v) is 13.3. The fourth-order valence-electron chi connectivity index (χ4n) is 9.92. The summed E-state index contributed by atoms with van der Waals surface area (Å²) in [4.78, 5) is 57.9. The number of benzene rings is 3. The van der Waals surface area contributed by atoms with E-state index in [9.17, 15) is 24.4 Å². The molecule has 3 amide bonds. The number of fused-ring (bicyclic) bond motifs is 1. The molecule has 1 atom stereocenters. The van der Waals surface area contributed by atoms with Crippen LogP contribution in [0, 0.1) is 28.1 Å². The number of hydrogen-bond donors (Lipinski definition) is 2. The van der Waals surface area contributed by atoms with Gasteiger partial charge in [0, 0.05) is 92.1 Å². The summed E-state index contributed by atoms with van der Waals surface area (Å²) in [5.41, 5.74) is 2.55. The summed E-state index contributed by atoms with van der Waals surface area (Å²) < 4.78 is 7.48. The number of carbonyl (C=O) groups excluding carboxylic acids is 3. The van der Waals surface area contributed by atoms with Gasteiger partial charge < -0.3 is 19.9 Å². The number of aromatic nitrogens is 3. The number of hydrogen-bond acceptors (Lipinski definition) is 11. The van der Waals surface area contributed by atoms with E-state index in [0.29, 0.717) is 38.7 Å². The molecule has 3 aliphatic heterocycles. The van der Waals surface area contributed by atoms with Gasteiger partial charge in [-0.15, -0.1) is 5.10 Å². The zero-order chi connectivity index (χ0) is 41.6. The average molecular weight is 820 g/mol. The molecule has 0 spiro atoms. The normalized spacial score (nSPS) is 23.3. The summed E-state index contributed by atoms with van der Waals surface area (Å²) in [5.74, 6) is 0.236. The minimum absolute atomic E-state index is 0.105.